The molecule has 0 unspecified atom stereocenters. The van der Waals surface area contributed by atoms with Gasteiger partial charge in [-0.15, -0.1) is 0 Å². The van der Waals surface area contributed by atoms with Crippen LogP contribution in [-0.4, -0.2) is 13.0 Å². The van der Waals surface area contributed by atoms with Crippen molar-refractivity contribution in [2.45, 2.75) is 49.1 Å². The standard InChI is InChI=1S/C13H14F4O3S/c1-12(4-2-3-5-12)9-6-8(21(18,19)20)7-10(14)11(9)13(15,16)17/h6-7H,2-5H2,1H3,(H,18,19,20). The fourth-order valence-electron chi connectivity index (χ4n) is 2.92. The lowest BCUT2D eigenvalue weighted by Crippen LogP contribution is -2.25. The van der Waals surface area contributed by atoms with Gasteiger partial charge in [0.15, 0.2) is 0 Å². The molecule has 1 fully saturated rings. The Morgan fingerprint density at radius 1 is 1.19 bits per heavy atom. The maximum Gasteiger partial charge on any atom is 0.419 e. The van der Waals surface area contributed by atoms with Gasteiger partial charge in [-0.3, -0.25) is 4.55 Å². The predicted molar refractivity (Wildman–Crippen MR) is 67.0 cm³/mol. The van der Waals surface area contributed by atoms with Crippen LogP contribution in [0.4, 0.5) is 17.6 Å². The van der Waals surface area contributed by atoms with Gasteiger partial charge in [0, 0.05) is 0 Å². The highest BCUT2D eigenvalue weighted by Gasteiger charge is 2.44. The van der Waals surface area contributed by atoms with Crippen LogP contribution in [-0.2, 0) is 21.7 Å². The molecule has 8 heteroatoms. The fourth-order valence-corrected chi connectivity index (χ4v) is 3.44. The van der Waals surface area contributed by atoms with E-state index in [1.807, 2.05) is 0 Å². The fraction of sp³-hybridized carbons (Fsp3) is 0.538. The lowest BCUT2D eigenvalue weighted by atomic mass is 9.78. The van der Waals surface area contributed by atoms with Crippen molar-refractivity contribution in [3.05, 3.63) is 29.1 Å². The molecule has 0 bridgehead atoms. The smallest absolute Gasteiger partial charge is 0.282 e. The minimum atomic E-state index is -4.93. The summed E-state index contributed by atoms with van der Waals surface area (Å²) in [5.74, 6) is -1.68. The summed E-state index contributed by atoms with van der Waals surface area (Å²) in [6.45, 7) is 1.55. The number of hydrogen-bond donors (Lipinski definition) is 1. The van der Waals surface area contributed by atoms with Crippen molar-refractivity contribution in [2.24, 2.45) is 0 Å². The number of benzene rings is 1. The van der Waals surface area contributed by atoms with Gasteiger partial charge >= 0.3 is 6.18 Å². The van der Waals surface area contributed by atoms with E-state index in [1.54, 1.807) is 6.92 Å². The van der Waals surface area contributed by atoms with E-state index in [0.717, 1.165) is 6.07 Å². The third-order valence-corrected chi connectivity index (χ3v) is 4.83. The van der Waals surface area contributed by atoms with E-state index in [2.05, 4.69) is 0 Å². The first kappa shape index (κ1) is 16.2. The molecule has 1 aromatic carbocycles. The van der Waals surface area contributed by atoms with Gasteiger partial charge in [-0.05, 0) is 36.0 Å². The second-order valence-corrected chi connectivity index (χ2v) is 6.99. The molecule has 0 radical (unpaired) electrons. The van der Waals surface area contributed by atoms with Gasteiger partial charge in [-0.1, -0.05) is 19.8 Å². The summed E-state index contributed by atoms with van der Waals surface area (Å²) < 4.78 is 84.4. The molecule has 0 spiro atoms. The third-order valence-electron chi connectivity index (χ3n) is 4.00. The molecular weight excluding hydrogens is 312 g/mol. The third kappa shape index (κ3) is 3.06. The van der Waals surface area contributed by atoms with Crippen LogP contribution in [0.3, 0.4) is 0 Å². The minimum Gasteiger partial charge on any atom is -0.282 e. The summed E-state index contributed by atoms with van der Waals surface area (Å²) in [6.07, 6.45) is -2.74. The van der Waals surface area contributed by atoms with Gasteiger partial charge in [-0.25, -0.2) is 4.39 Å². The number of halogens is 4. The average Bonchev–Trinajstić information content (AvgIpc) is 2.73. The van der Waals surface area contributed by atoms with E-state index in [0.29, 0.717) is 25.7 Å². The molecule has 3 nitrogen and oxygen atoms in total. The van der Waals surface area contributed by atoms with Crippen LogP contribution in [0.1, 0.15) is 43.7 Å². The summed E-state index contributed by atoms with van der Waals surface area (Å²) in [5, 5.41) is 0. The summed E-state index contributed by atoms with van der Waals surface area (Å²) in [6, 6.07) is 0.951. The van der Waals surface area contributed by atoms with Gasteiger partial charge in [0.2, 0.25) is 0 Å². The molecule has 2 rings (SSSR count). The zero-order valence-corrected chi connectivity index (χ0v) is 12.0. The minimum absolute atomic E-state index is 0.208. The Bertz CT molecular complexity index is 659. The molecule has 21 heavy (non-hydrogen) atoms. The Hall–Kier alpha value is -1.15. The molecule has 1 N–H and O–H groups in total. The van der Waals surface area contributed by atoms with Crippen LogP contribution >= 0.6 is 0 Å². The Balaban J connectivity index is 2.78. The van der Waals surface area contributed by atoms with Crippen LogP contribution in [0.15, 0.2) is 17.0 Å². The van der Waals surface area contributed by atoms with Gasteiger partial charge < -0.3 is 0 Å². The maximum atomic E-state index is 13.9. The summed E-state index contributed by atoms with van der Waals surface area (Å²) >= 11 is 0. The van der Waals surface area contributed by atoms with Crippen LogP contribution in [0.25, 0.3) is 0 Å². The normalized spacial score (nSPS) is 19.0. The Labute approximate surface area is 119 Å². The molecule has 1 aliphatic carbocycles. The zero-order valence-electron chi connectivity index (χ0n) is 11.2. The van der Waals surface area contributed by atoms with Crippen molar-refractivity contribution >= 4 is 10.1 Å². The first-order valence-electron chi connectivity index (χ1n) is 6.34. The molecule has 0 saturated heterocycles. The molecule has 0 atom stereocenters. The van der Waals surface area contributed by atoms with Crippen molar-refractivity contribution in [3.8, 4) is 0 Å². The largest absolute Gasteiger partial charge is 0.419 e. The molecule has 0 aromatic heterocycles. The first-order valence-corrected chi connectivity index (χ1v) is 7.78. The van der Waals surface area contributed by atoms with E-state index < -0.39 is 43.5 Å². The number of hydrogen-bond acceptors (Lipinski definition) is 2. The second-order valence-electron chi connectivity index (χ2n) is 5.57. The van der Waals surface area contributed by atoms with Gasteiger partial charge in [-0.2, -0.15) is 21.6 Å². The highest BCUT2D eigenvalue weighted by atomic mass is 32.2. The lowest BCUT2D eigenvalue weighted by molar-refractivity contribution is -0.141. The van der Waals surface area contributed by atoms with E-state index in [1.165, 1.54) is 0 Å². The highest BCUT2D eigenvalue weighted by Crippen LogP contribution is 2.47. The first-order chi connectivity index (χ1) is 9.45. The number of alkyl halides is 3. The van der Waals surface area contributed by atoms with E-state index in [9.17, 15) is 26.0 Å². The van der Waals surface area contributed by atoms with E-state index >= 15 is 0 Å². The SMILES string of the molecule is CC1(c2cc(S(=O)(=O)O)cc(F)c2C(F)(F)F)CCCC1. The van der Waals surface area contributed by atoms with Crippen molar-refractivity contribution in [1.29, 1.82) is 0 Å². The molecule has 118 valence electrons. The zero-order chi connectivity index (χ0) is 16.1. The maximum absolute atomic E-state index is 13.9. The molecule has 0 aliphatic heterocycles. The quantitative estimate of drug-likeness (QED) is 0.662. The Kier molecular flexibility index (Phi) is 3.82. The molecule has 1 aromatic rings. The van der Waals surface area contributed by atoms with E-state index in [-0.39, 0.29) is 6.07 Å². The Morgan fingerprint density at radius 2 is 1.71 bits per heavy atom. The van der Waals surface area contributed by atoms with Crippen molar-refractivity contribution in [2.75, 3.05) is 0 Å². The van der Waals surface area contributed by atoms with Gasteiger partial charge in [0.1, 0.15) is 5.82 Å². The predicted octanol–water partition coefficient (Wildman–Crippen LogP) is 3.92. The molecule has 1 saturated carbocycles. The van der Waals surface area contributed by atoms with Crippen LogP contribution in [0.2, 0.25) is 0 Å². The summed E-state index contributed by atoms with van der Waals surface area (Å²) in [5.41, 5.74) is -2.80. The van der Waals surface area contributed by atoms with Crippen molar-refractivity contribution in [1.82, 2.24) is 0 Å². The molecule has 0 heterocycles. The lowest BCUT2D eigenvalue weighted by Gasteiger charge is -2.28. The number of rotatable bonds is 2. The van der Waals surface area contributed by atoms with Crippen LogP contribution in [0, 0.1) is 5.82 Å². The van der Waals surface area contributed by atoms with Gasteiger partial charge in [0.05, 0.1) is 10.5 Å². The second kappa shape index (κ2) is 4.95. The highest BCUT2D eigenvalue weighted by molar-refractivity contribution is 7.85. The molecular formula is C13H14F4O3S. The van der Waals surface area contributed by atoms with E-state index in [4.69, 9.17) is 4.55 Å². The molecule has 1 aliphatic rings. The van der Waals surface area contributed by atoms with Crippen molar-refractivity contribution < 1.29 is 30.5 Å². The van der Waals surface area contributed by atoms with Crippen LogP contribution in [0.5, 0.6) is 0 Å². The average molecular weight is 326 g/mol. The topological polar surface area (TPSA) is 54.4 Å². The van der Waals surface area contributed by atoms with Crippen molar-refractivity contribution in [3.63, 3.8) is 0 Å². The van der Waals surface area contributed by atoms with Gasteiger partial charge in [0.25, 0.3) is 10.1 Å². The van der Waals surface area contributed by atoms with Crippen LogP contribution < -0.4 is 0 Å². The monoisotopic (exact) mass is 326 g/mol. The summed E-state index contributed by atoms with van der Waals surface area (Å²) in [7, 11) is -4.77. The summed E-state index contributed by atoms with van der Waals surface area (Å²) in [4.78, 5) is -0.851. The Morgan fingerprint density at radius 3 is 2.14 bits per heavy atom. The molecule has 0 amide bonds.